The topological polar surface area (TPSA) is 66.5 Å². The second-order valence-corrected chi connectivity index (χ2v) is 9.56. The van der Waals surface area contributed by atoms with Crippen molar-refractivity contribution in [1.82, 2.24) is 5.32 Å². The van der Waals surface area contributed by atoms with E-state index in [1.807, 2.05) is 62.4 Å². The monoisotopic (exact) mass is 436 g/mol. The minimum absolute atomic E-state index is 0.0598. The summed E-state index contributed by atoms with van der Waals surface area (Å²) in [6.45, 7) is 4.16. The first-order chi connectivity index (χ1) is 14.8. The third-order valence-electron chi connectivity index (χ3n) is 5.15. The van der Waals surface area contributed by atoms with Gasteiger partial charge in [0.25, 0.3) is 5.91 Å². The number of nitrogens with zero attached hydrogens (tertiary/aromatic N) is 1. The Morgan fingerprint density at radius 3 is 2.23 bits per heavy atom. The fourth-order valence-electron chi connectivity index (χ4n) is 3.46. The predicted octanol–water partition coefficient (Wildman–Crippen LogP) is 4.84. The van der Waals surface area contributed by atoms with Crippen molar-refractivity contribution in [2.45, 2.75) is 32.9 Å². The first-order valence-electron chi connectivity index (χ1n) is 10.3. The summed E-state index contributed by atoms with van der Waals surface area (Å²) < 4.78 is 26.1. The molecule has 5 nitrogen and oxygen atoms in total. The standard InChI is InChI=1S/C25H28N2O3S/c1-4-24(21-10-6-5-7-11-21)26-25(28)22-15-13-20(14-16-22)18-27(31(3,29)30)23-12-8-9-19(2)17-23/h5-17,24H,4,18H2,1-3H3,(H,26,28)/t24-/m1/s1. The van der Waals surface area contributed by atoms with Crippen LogP contribution in [0.5, 0.6) is 0 Å². The van der Waals surface area contributed by atoms with Crippen molar-refractivity contribution in [2.75, 3.05) is 10.6 Å². The molecule has 0 aliphatic carbocycles. The molecule has 0 saturated heterocycles. The van der Waals surface area contributed by atoms with Gasteiger partial charge in [0.2, 0.25) is 10.0 Å². The van der Waals surface area contributed by atoms with Crippen molar-refractivity contribution in [3.8, 4) is 0 Å². The molecule has 0 fully saturated rings. The highest BCUT2D eigenvalue weighted by atomic mass is 32.2. The Bertz CT molecular complexity index is 1130. The highest BCUT2D eigenvalue weighted by Gasteiger charge is 2.19. The largest absolute Gasteiger partial charge is 0.345 e. The molecule has 0 aromatic heterocycles. The van der Waals surface area contributed by atoms with E-state index in [0.29, 0.717) is 11.3 Å². The van der Waals surface area contributed by atoms with Gasteiger partial charge in [-0.25, -0.2) is 8.42 Å². The van der Waals surface area contributed by atoms with Crippen LogP contribution >= 0.6 is 0 Å². The average Bonchev–Trinajstić information content (AvgIpc) is 2.76. The number of benzene rings is 3. The number of hydrogen-bond donors (Lipinski definition) is 1. The number of amides is 1. The third kappa shape index (κ3) is 5.95. The molecule has 0 bridgehead atoms. The van der Waals surface area contributed by atoms with Crippen molar-refractivity contribution in [3.63, 3.8) is 0 Å². The second-order valence-electron chi connectivity index (χ2n) is 7.65. The molecule has 0 radical (unpaired) electrons. The zero-order valence-corrected chi connectivity index (χ0v) is 18.9. The van der Waals surface area contributed by atoms with Gasteiger partial charge in [-0.15, -0.1) is 0 Å². The minimum Gasteiger partial charge on any atom is -0.345 e. The maximum absolute atomic E-state index is 12.7. The number of rotatable bonds is 8. The summed E-state index contributed by atoms with van der Waals surface area (Å²) in [4.78, 5) is 12.7. The third-order valence-corrected chi connectivity index (χ3v) is 6.29. The molecule has 1 atom stereocenters. The average molecular weight is 437 g/mol. The van der Waals surface area contributed by atoms with E-state index in [9.17, 15) is 13.2 Å². The van der Waals surface area contributed by atoms with Crippen molar-refractivity contribution in [1.29, 1.82) is 0 Å². The molecule has 3 aromatic carbocycles. The molecule has 0 aliphatic rings. The van der Waals surface area contributed by atoms with Gasteiger partial charge in [0, 0.05) is 5.56 Å². The van der Waals surface area contributed by atoms with Crippen LogP contribution in [0, 0.1) is 6.92 Å². The zero-order valence-electron chi connectivity index (χ0n) is 18.1. The van der Waals surface area contributed by atoms with Crippen LogP contribution in [0.25, 0.3) is 0 Å². The predicted molar refractivity (Wildman–Crippen MR) is 126 cm³/mol. The van der Waals surface area contributed by atoms with Crippen molar-refractivity contribution in [3.05, 3.63) is 101 Å². The number of sulfonamides is 1. The molecule has 0 aliphatic heterocycles. The first kappa shape index (κ1) is 22.6. The van der Waals surface area contributed by atoms with Gasteiger partial charge in [-0.1, -0.05) is 61.5 Å². The Morgan fingerprint density at radius 2 is 1.65 bits per heavy atom. The van der Waals surface area contributed by atoms with Gasteiger partial charge in [-0.2, -0.15) is 0 Å². The van der Waals surface area contributed by atoms with Crippen LogP contribution in [-0.4, -0.2) is 20.6 Å². The van der Waals surface area contributed by atoms with Crippen molar-refractivity contribution >= 4 is 21.6 Å². The lowest BCUT2D eigenvalue weighted by atomic mass is 10.0. The molecule has 6 heteroatoms. The summed E-state index contributed by atoms with van der Waals surface area (Å²) in [5.41, 5.74) is 4.02. The molecule has 3 rings (SSSR count). The Hall–Kier alpha value is -3.12. The molecule has 3 aromatic rings. The summed E-state index contributed by atoms with van der Waals surface area (Å²) in [7, 11) is -3.46. The molecule has 31 heavy (non-hydrogen) atoms. The fourth-order valence-corrected chi connectivity index (χ4v) is 4.34. The number of nitrogens with one attached hydrogen (secondary N) is 1. The lowest BCUT2D eigenvalue weighted by Crippen LogP contribution is -2.29. The van der Waals surface area contributed by atoms with Crippen molar-refractivity contribution in [2.24, 2.45) is 0 Å². The van der Waals surface area contributed by atoms with Crippen molar-refractivity contribution < 1.29 is 13.2 Å². The van der Waals surface area contributed by atoms with Gasteiger partial charge in [0.15, 0.2) is 0 Å². The number of anilines is 1. The SMILES string of the molecule is CC[C@@H](NC(=O)c1ccc(CN(c2cccc(C)c2)S(C)(=O)=O)cc1)c1ccccc1. The maximum atomic E-state index is 12.7. The van der Waals surface area contributed by atoms with Crippen LogP contribution in [0.1, 0.15) is 46.4 Å². The molecule has 162 valence electrons. The van der Waals surface area contributed by atoms with Gasteiger partial charge >= 0.3 is 0 Å². The van der Waals surface area contributed by atoms with E-state index in [2.05, 4.69) is 5.32 Å². The summed E-state index contributed by atoms with van der Waals surface area (Å²) in [5.74, 6) is -0.152. The van der Waals surface area contributed by atoms with E-state index < -0.39 is 10.0 Å². The van der Waals surface area contributed by atoms with Crippen LogP contribution in [-0.2, 0) is 16.6 Å². The van der Waals surface area contributed by atoms with Gasteiger partial charge in [0.1, 0.15) is 0 Å². The number of aryl methyl sites for hydroxylation is 1. The summed E-state index contributed by atoms with van der Waals surface area (Å²) >= 11 is 0. The minimum atomic E-state index is -3.46. The molecular formula is C25H28N2O3S. The van der Waals surface area contributed by atoms with Crippen LogP contribution in [0.3, 0.4) is 0 Å². The Morgan fingerprint density at radius 1 is 0.968 bits per heavy atom. The van der Waals surface area contributed by atoms with E-state index in [-0.39, 0.29) is 18.5 Å². The highest BCUT2D eigenvalue weighted by Crippen LogP contribution is 2.22. The van der Waals surface area contributed by atoms with Crippen LogP contribution in [0.2, 0.25) is 0 Å². The van der Waals surface area contributed by atoms with E-state index in [1.165, 1.54) is 10.6 Å². The molecule has 0 spiro atoms. The molecule has 1 amide bonds. The lowest BCUT2D eigenvalue weighted by Gasteiger charge is -2.23. The Kier molecular flexibility index (Phi) is 7.13. The van der Waals surface area contributed by atoms with E-state index in [0.717, 1.165) is 23.1 Å². The van der Waals surface area contributed by atoms with E-state index in [4.69, 9.17) is 0 Å². The summed E-state index contributed by atoms with van der Waals surface area (Å²) in [6, 6.07) is 24.3. The maximum Gasteiger partial charge on any atom is 0.251 e. The molecular weight excluding hydrogens is 408 g/mol. The lowest BCUT2D eigenvalue weighted by molar-refractivity contribution is 0.0935. The summed E-state index contributed by atoms with van der Waals surface area (Å²) in [5, 5.41) is 3.07. The highest BCUT2D eigenvalue weighted by molar-refractivity contribution is 7.92. The summed E-state index contributed by atoms with van der Waals surface area (Å²) in [6.07, 6.45) is 1.99. The number of hydrogen-bond acceptors (Lipinski definition) is 3. The zero-order chi connectivity index (χ0) is 22.4. The number of carbonyl (C=O) groups excluding carboxylic acids is 1. The fraction of sp³-hybridized carbons (Fsp3) is 0.240. The number of carbonyl (C=O) groups is 1. The Labute approximate surface area is 184 Å². The molecule has 1 N–H and O–H groups in total. The smallest absolute Gasteiger partial charge is 0.251 e. The van der Waals surface area contributed by atoms with Crippen LogP contribution in [0.4, 0.5) is 5.69 Å². The normalized spacial score (nSPS) is 12.2. The quantitative estimate of drug-likeness (QED) is 0.549. The van der Waals surface area contributed by atoms with Gasteiger partial charge < -0.3 is 5.32 Å². The van der Waals surface area contributed by atoms with Gasteiger partial charge in [-0.3, -0.25) is 9.10 Å². The molecule has 0 heterocycles. The van der Waals surface area contributed by atoms with E-state index in [1.54, 1.807) is 30.3 Å². The molecule has 0 unspecified atom stereocenters. The van der Waals surface area contributed by atoms with Gasteiger partial charge in [-0.05, 0) is 54.3 Å². The Balaban J connectivity index is 1.75. The van der Waals surface area contributed by atoms with Crippen LogP contribution < -0.4 is 9.62 Å². The van der Waals surface area contributed by atoms with E-state index >= 15 is 0 Å². The van der Waals surface area contributed by atoms with Gasteiger partial charge in [0.05, 0.1) is 24.5 Å². The molecule has 0 saturated carbocycles. The second kappa shape index (κ2) is 9.79. The van der Waals surface area contributed by atoms with Crippen LogP contribution in [0.15, 0.2) is 78.9 Å². The first-order valence-corrected chi connectivity index (χ1v) is 12.1.